The average molecular weight is 549 g/mol. The van der Waals surface area contributed by atoms with Crippen LogP contribution in [0.15, 0.2) is 0 Å². The van der Waals surface area contributed by atoms with E-state index in [1.54, 1.807) is 0 Å². The second-order valence-electron chi connectivity index (χ2n) is 12.0. The maximum absolute atomic E-state index is 11.3. The molecule has 3 saturated carbocycles. The second-order valence-corrected chi connectivity index (χ2v) is 12.0. The van der Waals surface area contributed by atoms with Crippen LogP contribution in [0, 0.1) is 35.5 Å². The highest BCUT2D eigenvalue weighted by atomic mass is 16.5. The summed E-state index contributed by atoms with van der Waals surface area (Å²) in [6, 6.07) is 0.452. The zero-order chi connectivity index (χ0) is 27.8. The molecule has 3 aliphatic carbocycles. The Morgan fingerprint density at radius 2 is 1.93 bits per heavy atom. The van der Waals surface area contributed by atoms with Crippen molar-refractivity contribution in [3.8, 4) is 12.3 Å². The fourth-order valence-electron chi connectivity index (χ4n) is 7.01. The molecule has 3 heterocycles. The third kappa shape index (κ3) is 5.21. The van der Waals surface area contributed by atoms with E-state index in [0.29, 0.717) is 35.8 Å². The standard InChI is InChI=1S/C29H40N8O3/c1-3-18-10-12-19(13-11-18)16-37-23-25(31-17(2)20-6-4-7-20)33-27(24(30)32-29(38)39)34-26(23)35-28(37)36-14-15-40-22-9-5-8-21(22)36/h1,17-22H,4-16H2,2H3,(H2,30,32)(H,38,39)(H,31,33,34)/t17-,18?,19?,21?,22?/m1/s1. The summed E-state index contributed by atoms with van der Waals surface area (Å²) >= 11 is 0. The van der Waals surface area contributed by atoms with Crippen molar-refractivity contribution in [3.05, 3.63) is 5.82 Å². The molecule has 11 nitrogen and oxygen atoms in total. The van der Waals surface area contributed by atoms with Crippen molar-refractivity contribution in [2.75, 3.05) is 23.4 Å². The smallest absolute Gasteiger partial charge is 0.410 e. The molecule has 3 atom stereocenters. The molecule has 0 bridgehead atoms. The van der Waals surface area contributed by atoms with Crippen LogP contribution >= 0.6 is 0 Å². The van der Waals surface area contributed by atoms with Crippen molar-refractivity contribution in [1.29, 1.82) is 5.41 Å². The van der Waals surface area contributed by atoms with Gasteiger partial charge < -0.3 is 24.6 Å². The maximum atomic E-state index is 11.3. The summed E-state index contributed by atoms with van der Waals surface area (Å²) in [6.45, 7) is 4.38. The molecule has 1 aliphatic heterocycles. The van der Waals surface area contributed by atoms with Crippen LogP contribution < -0.4 is 15.5 Å². The summed E-state index contributed by atoms with van der Waals surface area (Å²) in [7, 11) is 0. The number of hydrogen-bond donors (Lipinski definition) is 4. The summed E-state index contributed by atoms with van der Waals surface area (Å²) in [5, 5.41) is 23.3. The lowest BCUT2D eigenvalue weighted by Crippen LogP contribution is -2.49. The highest BCUT2D eigenvalue weighted by Crippen LogP contribution is 2.38. The zero-order valence-corrected chi connectivity index (χ0v) is 23.2. The molecule has 0 aromatic carbocycles. The van der Waals surface area contributed by atoms with Gasteiger partial charge in [0.1, 0.15) is 5.52 Å². The van der Waals surface area contributed by atoms with E-state index in [1.165, 1.54) is 19.3 Å². The van der Waals surface area contributed by atoms with Crippen LogP contribution in [0.2, 0.25) is 0 Å². The quantitative estimate of drug-likeness (QED) is 0.229. The number of nitrogens with one attached hydrogen (secondary N) is 3. The average Bonchev–Trinajstić information content (AvgIpc) is 3.52. The third-order valence-electron chi connectivity index (χ3n) is 9.52. The molecule has 2 aromatic rings. The van der Waals surface area contributed by atoms with Gasteiger partial charge >= 0.3 is 6.09 Å². The number of rotatable bonds is 7. The first-order valence-corrected chi connectivity index (χ1v) is 14.9. The van der Waals surface area contributed by atoms with Gasteiger partial charge in [0.2, 0.25) is 5.95 Å². The molecule has 40 heavy (non-hydrogen) atoms. The van der Waals surface area contributed by atoms with Gasteiger partial charge in [-0.3, -0.25) is 10.7 Å². The molecular weight excluding hydrogens is 508 g/mol. The summed E-state index contributed by atoms with van der Waals surface area (Å²) in [5.74, 6) is 5.46. The summed E-state index contributed by atoms with van der Waals surface area (Å²) in [4.78, 5) is 28.2. The number of amides is 1. The van der Waals surface area contributed by atoms with E-state index in [1.807, 2.05) is 0 Å². The van der Waals surface area contributed by atoms with Gasteiger partial charge in [0.25, 0.3) is 0 Å². The van der Waals surface area contributed by atoms with Gasteiger partial charge in [0, 0.05) is 25.0 Å². The molecule has 2 aromatic heterocycles. The predicted octanol–water partition coefficient (Wildman–Crippen LogP) is 4.22. The molecule has 11 heteroatoms. The molecule has 214 valence electrons. The number of aromatic nitrogens is 4. The van der Waals surface area contributed by atoms with E-state index in [9.17, 15) is 9.90 Å². The molecule has 1 saturated heterocycles. The van der Waals surface area contributed by atoms with Crippen molar-refractivity contribution in [1.82, 2.24) is 24.8 Å². The second kappa shape index (κ2) is 11.2. The summed E-state index contributed by atoms with van der Waals surface area (Å²) in [6.07, 6.45) is 15.7. The van der Waals surface area contributed by atoms with Crippen LogP contribution in [-0.4, -0.2) is 67.9 Å². The highest BCUT2D eigenvalue weighted by Gasteiger charge is 2.39. The van der Waals surface area contributed by atoms with Crippen molar-refractivity contribution in [2.45, 2.75) is 95.9 Å². The Labute approximate surface area is 235 Å². The molecule has 6 rings (SSSR count). The topological polar surface area (TPSA) is 141 Å². The van der Waals surface area contributed by atoms with E-state index < -0.39 is 6.09 Å². The Kier molecular flexibility index (Phi) is 7.53. The Morgan fingerprint density at radius 3 is 2.62 bits per heavy atom. The van der Waals surface area contributed by atoms with Crippen molar-refractivity contribution in [2.24, 2.45) is 17.8 Å². The van der Waals surface area contributed by atoms with Crippen LogP contribution in [0.5, 0.6) is 0 Å². The molecule has 1 amide bonds. The van der Waals surface area contributed by atoms with Crippen LogP contribution in [0.4, 0.5) is 16.6 Å². The zero-order valence-electron chi connectivity index (χ0n) is 23.2. The monoisotopic (exact) mass is 548 g/mol. The first-order chi connectivity index (χ1) is 19.4. The lowest BCUT2D eigenvalue weighted by molar-refractivity contribution is 0.0247. The number of terminal acetylenes is 1. The number of ether oxygens (including phenoxy) is 1. The molecule has 4 fully saturated rings. The molecule has 2 unspecified atom stereocenters. The number of hydrogen-bond acceptors (Lipinski definition) is 8. The first kappa shape index (κ1) is 26.8. The highest BCUT2D eigenvalue weighted by molar-refractivity contribution is 6.03. The molecule has 0 radical (unpaired) electrons. The van der Waals surface area contributed by atoms with Crippen molar-refractivity contribution < 1.29 is 14.6 Å². The number of imidazole rings is 1. The van der Waals surface area contributed by atoms with E-state index in [-0.39, 0.29) is 29.8 Å². The van der Waals surface area contributed by atoms with Crippen LogP contribution in [0.3, 0.4) is 0 Å². The van der Waals surface area contributed by atoms with Crippen LogP contribution in [0.25, 0.3) is 11.2 Å². The Hall–Kier alpha value is -3.39. The number of amidine groups is 1. The summed E-state index contributed by atoms with van der Waals surface area (Å²) < 4.78 is 8.42. The number of carbonyl (C=O) groups is 1. The normalized spacial score (nSPS) is 27.4. The lowest BCUT2D eigenvalue weighted by Gasteiger charge is -2.39. The SMILES string of the molecule is C#CC1CCC(Cn2c(N3CCOC4CCCC43)nc3nc(C(=N)NC(=O)O)nc(N[C@H](C)C4CCC4)c32)CC1. The van der Waals surface area contributed by atoms with Crippen molar-refractivity contribution >= 4 is 34.9 Å². The van der Waals surface area contributed by atoms with Gasteiger partial charge in [-0.2, -0.15) is 4.98 Å². The van der Waals surface area contributed by atoms with Crippen LogP contribution in [-0.2, 0) is 11.3 Å². The minimum absolute atomic E-state index is 0.0182. The third-order valence-corrected chi connectivity index (χ3v) is 9.52. The molecule has 4 aliphatic rings. The maximum Gasteiger partial charge on any atom is 0.410 e. The number of anilines is 2. The predicted molar refractivity (Wildman–Crippen MR) is 153 cm³/mol. The lowest BCUT2D eigenvalue weighted by atomic mass is 9.80. The van der Waals surface area contributed by atoms with Gasteiger partial charge in [-0.05, 0) is 76.5 Å². The van der Waals surface area contributed by atoms with Crippen molar-refractivity contribution in [3.63, 3.8) is 0 Å². The first-order valence-electron chi connectivity index (χ1n) is 14.9. The van der Waals surface area contributed by atoms with E-state index in [4.69, 9.17) is 26.5 Å². The number of nitrogens with zero attached hydrogens (tertiary/aromatic N) is 5. The molecule has 0 spiro atoms. The van der Waals surface area contributed by atoms with Gasteiger partial charge in [-0.25, -0.2) is 14.8 Å². The fourth-order valence-corrected chi connectivity index (χ4v) is 7.01. The fraction of sp³-hybridized carbons (Fsp3) is 0.690. The van der Waals surface area contributed by atoms with E-state index in [0.717, 1.165) is 69.5 Å². The molecular formula is C29H40N8O3. The van der Waals surface area contributed by atoms with Crippen LogP contribution in [0.1, 0.15) is 77.0 Å². The Morgan fingerprint density at radius 1 is 1.15 bits per heavy atom. The van der Waals surface area contributed by atoms with Gasteiger partial charge in [0.05, 0.1) is 18.8 Å². The van der Waals surface area contributed by atoms with Gasteiger partial charge in [0.15, 0.2) is 23.1 Å². The van der Waals surface area contributed by atoms with E-state index in [2.05, 4.69) is 37.9 Å². The molecule has 4 N–H and O–H groups in total. The number of carboxylic acid groups (broad SMARTS) is 1. The number of fused-ring (bicyclic) bond motifs is 2. The number of morpholine rings is 1. The Bertz CT molecular complexity index is 1310. The Balaban J connectivity index is 1.45. The minimum atomic E-state index is -1.32. The van der Waals surface area contributed by atoms with E-state index >= 15 is 0 Å². The minimum Gasteiger partial charge on any atom is -0.465 e. The largest absolute Gasteiger partial charge is 0.465 e. The van der Waals surface area contributed by atoms with Gasteiger partial charge in [-0.1, -0.05) is 6.42 Å². The van der Waals surface area contributed by atoms with Gasteiger partial charge in [-0.15, -0.1) is 12.3 Å². The summed E-state index contributed by atoms with van der Waals surface area (Å²) in [5.41, 5.74) is 1.31.